The molecule has 0 spiro atoms. The number of carbonyl (C=O) groups excluding carboxylic acids is 1. The van der Waals surface area contributed by atoms with Crippen molar-refractivity contribution in [1.29, 1.82) is 0 Å². The van der Waals surface area contributed by atoms with Crippen LogP contribution in [0.25, 0.3) is 21.0 Å². The highest BCUT2D eigenvalue weighted by atomic mass is 35.5. The zero-order valence-corrected chi connectivity index (χ0v) is 18.5. The zero-order chi connectivity index (χ0) is 21.4. The van der Waals surface area contributed by atoms with E-state index >= 15 is 0 Å². The van der Waals surface area contributed by atoms with Gasteiger partial charge in [0.1, 0.15) is 12.1 Å². The number of thiophene rings is 1. The average Bonchev–Trinajstić information content (AvgIpc) is 3.16. The van der Waals surface area contributed by atoms with E-state index in [-0.39, 0.29) is 5.91 Å². The van der Waals surface area contributed by atoms with Crippen LogP contribution in [0.5, 0.6) is 0 Å². The van der Waals surface area contributed by atoms with Gasteiger partial charge in [-0.25, -0.2) is 9.97 Å². The van der Waals surface area contributed by atoms with Crippen LogP contribution >= 0.6 is 22.9 Å². The Kier molecular flexibility index (Phi) is 5.48. The van der Waals surface area contributed by atoms with E-state index in [1.54, 1.807) is 11.3 Å². The molecule has 1 fully saturated rings. The van der Waals surface area contributed by atoms with Crippen LogP contribution in [0.3, 0.4) is 0 Å². The Morgan fingerprint density at radius 3 is 2.87 bits per heavy atom. The van der Waals surface area contributed by atoms with E-state index < -0.39 is 0 Å². The van der Waals surface area contributed by atoms with Crippen molar-refractivity contribution < 1.29 is 4.79 Å². The van der Waals surface area contributed by atoms with Crippen molar-refractivity contribution in [3.63, 3.8) is 0 Å². The summed E-state index contributed by atoms with van der Waals surface area (Å²) in [6, 6.07) is 14.1. The number of fused-ring (bicyclic) bond motifs is 2. The third-order valence-electron chi connectivity index (χ3n) is 5.71. The number of hydrogen-bond donors (Lipinski definition) is 1. The monoisotopic (exact) mass is 451 g/mol. The predicted octanol–water partition coefficient (Wildman–Crippen LogP) is 3.97. The van der Waals surface area contributed by atoms with Gasteiger partial charge in [-0.1, -0.05) is 23.7 Å². The SMILES string of the molecule is Nc1ncnc2cc(CN3CCN(CCc4cc5ccc(Cl)cc5s4)CC3=O)ccc12. The predicted molar refractivity (Wildman–Crippen MR) is 126 cm³/mol. The molecule has 0 unspecified atom stereocenters. The number of carbonyl (C=O) groups is 1. The summed E-state index contributed by atoms with van der Waals surface area (Å²) in [4.78, 5) is 26.5. The van der Waals surface area contributed by atoms with Crippen LogP contribution in [0, 0.1) is 0 Å². The van der Waals surface area contributed by atoms with Crippen molar-refractivity contribution in [2.45, 2.75) is 13.0 Å². The molecule has 1 aliphatic heterocycles. The number of rotatable bonds is 5. The fraction of sp³-hybridized carbons (Fsp3) is 0.261. The van der Waals surface area contributed by atoms with E-state index in [9.17, 15) is 4.79 Å². The Balaban J connectivity index is 1.18. The summed E-state index contributed by atoms with van der Waals surface area (Å²) in [5, 5.41) is 2.84. The minimum atomic E-state index is 0.164. The van der Waals surface area contributed by atoms with E-state index in [1.165, 1.54) is 21.3 Å². The van der Waals surface area contributed by atoms with Crippen LogP contribution in [0.2, 0.25) is 5.02 Å². The number of anilines is 1. The molecule has 1 amide bonds. The minimum Gasteiger partial charge on any atom is -0.383 e. The van der Waals surface area contributed by atoms with Crippen molar-refractivity contribution in [2.24, 2.45) is 0 Å². The Morgan fingerprint density at radius 2 is 2.00 bits per heavy atom. The number of halogens is 1. The maximum Gasteiger partial charge on any atom is 0.237 e. The largest absolute Gasteiger partial charge is 0.383 e. The first kappa shape index (κ1) is 20.2. The second-order valence-corrected chi connectivity index (χ2v) is 9.45. The lowest BCUT2D eigenvalue weighted by Gasteiger charge is -2.34. The van der Waals surface area contributed by atoms with Crippen LogP contribution in [0.15, 0.2) is 48.8 Å². The lowest BCUT2D eigenvalue weighted by Crippen LogP contribution is -2.50. The quantitative estimate of drug-likeness (QED) is 0.497. The van der Waals surface area contributed by atoms with Crippen molar-refractivity contribution in [3.8, 4) is 0 Å². The second kappa shape index (κ2) is 8.42. The van der Waals surface area contributed by atoms with Crippen molar-refractivity contribution in [2.75, 3.05) is 31.9 Å². The summed E-state index contributed by atoms with van der Waals surface area (Å²) in [6.45, 7) is 3.53. The standard InChI is InChI=1S/C23H22ClN5OS/c24-17-3-2-16-10-18(31-21(16)11-17)5-6-28-7-8-29(22(30)13-28)12-15-1-4-19-20(9-15)26-14-27-23(19)25/h1-4,9-11,14H,5-8,12-13H2,(H2,25,26,27). The number of amides is 1. The van der Waals surface area contributed by atoms with E-state index in [4.69, 9.17) is 17.3 Å². The van der Waals surface area contributed by atoms with Crippen LogP contribution in [-0.2, 0) is 17.8 Å². The molecular weight excluding hydrogens is 430 g/mol. The van der Waals surface area contributed by atoms with E-state index in [0.29, 0.717) is 18.9 Å². The van der Waals surface area contributed by atoms with Crippen molar-refractivity contribution in [3.05, 3.63) is 64.3 Å². The van der Waals surface area contributed by atoms with Gasteiger partial charge in [-0.2, -0.15) is 0 Å². The molecule has 0 bridgehead atoms. The van der Waals surface area contributed by atoms with Gasteiger partial charge in [0.05, 0.1) is 12.1 Å². The third-order valence-corrected chi connectivity index (χ3v) is 7.10. The van der Waals surface area contributed by atoms with Gasteiger partial charge in [0.25, 0.3) is 0 Å². The molecule has 31 heavy (non-hydrogen) atoms. The first-order chi connectivity index (χ1) is 15.0. The number of hydrogen-bond acceptors (Lipinski definition) is 6. The number of nitrogens with zero attached hydrogens (tertiary/aromatic N) is 4. The minimum absolute atomic E-state index is 0.164. The first-order valence-corrected chi connectivity index (χ1v) is 11.4. The van der Waals surface area contributed by atoms with E-state index in [0.717, 1.165) is 47.5 Å². The Morgan fingerprint density at radius 1 is 1.10 bits per heavy atom. The average molecular weight is 452 g/mol. The van der Waals surface area contributed by atoms with Crippen LogP contribution < -0.4 is 5.73 Å². The Labute approximate surface area is 189 Å². The number of piperazine rings is 1. The number of nitrogen functional groups attached to an aromatic ring is 1. The maximum atomic E-state index is 12.7. The van der Waals surface area contributed by atoms with Gasteiger partial charge < -0.3 is 10.6 Å². The number of nitrogens with two attached hydrogens (primary N) is 1. The molecule has 4 aromatic rings. The highest BCUT2D eigenvalue weighted by Gasteiger charge is 2.24. The van der Waals surface area contributed by atoms with Crippen molar-refractivity contribution in [1.82, 2.24) is 19.8 Å². The number of benzene rings is 2. The van der Waals surface area contributed by atoms with E-state index in [1.807, 2.05) is 35.2 Å². The van der Waals surface area contributed by atoms with Crippen LogP contribution in [-0.4, -0.2) is 51.9 Å². The molecule has 0 saturated carbocycles. The molecule has 6 nitrogen and oxygen atoms in total. The smallest absolute Gasteiger partial charge is 0.237 e. The molecule has 158 valence electrons. The molecule has 0 aliphatic carbocycles. The molecule has 2 aromatic carbocycles. The lowest BCUT2D eigenvalue weighted by atomic mass is 10.1. The molecule has 3 heterocycles. The second-order valence-electron chi connectivity index (χ2n) is 7.85. The van der Waals surface area contributed by atoms with E-state index in [2.05, 4.69) is 27.0 Å². The van der Waals surface area contributed by atoms with Gasteiger partial charge in [0.15, 0.2) is 0 Å². The lowest BCUT2D eigenvalue weighted by molar-refractivity contribution is -0.136. The van der Waals surface area contributed by atoms with Gasteiger partial charge in [0.2, 0.25) is 5.91 Å². The van der Waals surface area contributed by atoms with Gasteiger partial charge in [-0.3, -0.25) is 9.69 Å². The molecule has 2 aromatic heterocycles. The molecule has 1 saturated heterocycles. The highest BCUT2D eigenvalue weighted by Crippen LogP contribution is 2.28. The van der Waals surface area contributed by atoms with Crippen LogP contribution in [0.4, 0.5) is 5.82 Å². The summed E-state index contributed by atoms with van der Waals surface area (Å²) < 4.78 is 1.21. The van der Waals surface area contributed by atoms with Gasteiger partial charge >= 0.3 is 0 Å². The normalized spacial score (nSPS) is 15.3. The molecular formula is C23H22ClN5OS. The molecule has 8 heteroatoms. The first-order valence-electron chi connectivity index (χ1n) is 10.2. The highest BCUT2D eigenvalue weighted by molar-refractivity contribution is 7.19. The maximum absolute atomic E-state index is 12.7. The summed E-state index contributed by atoms with van der Waals surface area (Å²) in [5.74, 6) is 0.639. The number of aromatic nitrogens is 2. The fourth-order valence-electron chi connectivity index (χ4n) is 4.01. The summed E-state index contributed by atoms with van der Waals surface area (Å²) in [5.41, 5.74) is 7.76. The summed E-state index contributed by atoms with van der Waals surface area (Å²) in [6.07, 6.45) is 2.41. The molecule has 5 rings (SSSR count). The van der Waals surface area contributed by atoms with Crippen LogP contribution in [0.1, 0.15) is 10.4 Å². The fourth-order valence-corrected chi connectivity index (χ4v) is 5.34. The van der Waals surface area contributed by atoms with Gasteiger partial charge in [0, 0.05) is 46.2 Å². The summed E-state index contributed by atoms with van der Waals surface area (Å²) in [7, 11) is 0. The molecule has 0 atom stereocenters. The molecule has 1 aliphatic rings. The third kappa shape index (κ3) is 4.35. The Hall–Kier alpha value is -2.74. The summed E-state index contributed by atoms with van der Waals surface area (Å²) >= 11 is 7.87. The topological polar surface area (TPSA) is 75.3 Å². The van der Waals surface area contributed by atoms with Gasteiger partial charge in [-0.05, 0) is 47.7 Å². The van der Waals surface area contributed by atoms with Crippen molar-refractivity contribution >= 4 is 55.7 Å². The molecule has 0 radical (unpaired) electrons. The molecule has 2 N–H and O–H groups in total. The van der Waals surface area contributed by atoms with Gasteiger partial charge in [-0.15, -0.1) is 11.3 Å². The zero-order valence-electron chi connectivity index (χ0n) is 16.9. The Bertz CT molecular complexity index is 1270.